The highest BCUT2D eigenvalue weighted by molar-refractivity contribution is 8.00. The number of nitrogens with zero attached hydrogens (tertiary/aromatic N) is 3. The van der Waals surface area contributed by atoms with Crippen molar-refractivity contribution >= 4 is 39.6 Å². The number of benzene rings is 2. The molecule has 0 aliphatic heterocycles. The molecule has 0 bridgehead atoms. The van der Waals surface area contributed by atoms with Crippen molar-refractivity contribution in [1.29, 1.82) is 0 Å². The fourth-order valence-corrected chi connectivity index (χ4v) is 5.32. The Labute approximate surface area is 187 Å². The SMILES string of the molecule is COc1ccc(-c2nc(CSc3nnc(NCc4ccccc4)s3)cs2)c(OC)c1. The average Bonchev–Trinajstić information content (AvgIpc) is 3.46. The lowest BCUT2D eigenvalue weighted by Crippen LogP contribution is -1.98. The quantitative estimate of drug-likeness (QED) is 0.330. The molecule has 2 aromatic heterocycles. The number of thioether (sulfide) groups is 1. The van der Waals surface area contributed by atoms with Crippen molar-refractivity contribution in [3.8, 4) is 22.1 Å². The number of thiazole rings is 1. The molecule has 0 saturated heterocycles. The number of ether oxygens (including phenoxy) is 2. The fourth-order valence-electron chi connectivity index (χ4n) is 2.72. The van der Waals surface area contributed by atoms with Gasteiger partial charge in [-0.25, -0.2) is 4.98 Å². The molecule has 4 aromatic rings. The van der Waals surface area contributed by atoms with Gasteiger partial charge < -0.3 is 14.8 Å². The highest BCUT2D eigenvalue weighted by Crippen LogP contribution is 2.36. The van der Waals surface area contributed by atoms with E-state index in [0.717, 1.165) is 49.5 Å². The van der Waals surface area contributed by atoms with Crippen LogP contribution in [0.1, 0.15) is 11.3 Å². The van der Waals surface area contributed by atoms with Crippen LogP contribution >= 0.6 is 34.4 Å². The summed E-state index contributed by atoms with van der Waals surface area (Å²) in [5.41, 5.74) is 3.18. The molecule has 6 nitrogen and oxygen atoms in total. The normalized spacial score (nSPS) is 10.7. The second-order valence-corrected chi connectivity index (χ2v) is 9.27. The van der Waals surface area contributed by atoms with E-state index in [9.17, 15) is 0 Å². The Hall–Kier alpha value is -2.62. The summed E-state index contributed by atoms with van der Waals surface area (Å²) >= 11 is 4.80. The Bertz CT molecular complexity index is 1100. The molecule has 4 rings (SSSR count). The van der Waals surface area contributed by atoms with Gasteiger partial charge in [-0.3, -0.25) is 0 Å². The molecule has 9 heteroatoms. The second kappa shape index (κ2) is 9.92. The predicted octanol–water partition coefficient (Wildman–Crippen LogP) is 5.58. The zero-order valence-corrected chi connectivity index (χ0v) is 18.9. The predicted molar refractivity (Wildman–Crippen MR) is 124 cm³/mol. The van der Waals surface area contributed by atoms with Gasteiger partial charge in [0, 0.05) is 23.7 Å². The maximum absolute atomic E-state index is 5.50. The molecule has 0 atom stereocenters. The van der Waals surface area contributed by atoms with Gasteiger partial charge in [0.1, 0.15) is 16.5 Å². The number of aromatic nitrogens is 3. The van der Waals surface area contributed by atoms with Crippen LogP contribution in [0.2, 0.25) is 0 Å². The van der Waals surface area contributed by atoms with Crippen molar-refractivity contribution in [1.82, 2.24) is 15.2 Å². The summed E-state index contributed by atoms with van der Waals surface area (Å²) in [7, 11) is 3.30. The zero-order valence-electron chi connectivity index (χ0n) is 16.5. The number of anilines is 1. The van der Waals surface area contributed by atoms with Crippen LogP contribution in [0.3, 0.4) is 0 Å². The molecule has 30 heavy (non-hydrogen) atoms. The minimum Gasteiger partial charge on any atom is -0.497 e. The Balaban J connectivity index is 1.35. The largest absolute Gasteiger partial charge is 0.497 e. The topological polar surface area (TPSA) is 69.2 Å². The monoisotopic (exact) mass is 456 g/mol. The van der Waals surface area contributed by atoms with Gasteiger partial charge in [-0.15, -0.1) is 21.5 Å². The molecule has 0 saturated carbocycles. The van der Waals surface area contributed by atoms with Gasteiger partial charge in [0.2, 0.25) is 5.13 Å². The van der Waals surface area contributed by atoms with Crippen LogP contribution in [0.5, 0.6) is 11.5 Å². The first-order chi connectivity index (χ1) is 14.7. The van der Waals surface area contributed by atoms with Crippen LogP contribution < -0.4 is 14.8 Å². The van der Waals surface area contributed by atoms with Gasteiger partial charge in [0.05, 0.1) is 25.5 Å². The lowest BCUT2D eigenvalue weighted by Gasteiger charge is -2.08. The van der Waals surface area contributed by atoms with Gasteiger partial charge in [0.25, 0.3) is 0 Å². The standard InChI is InChI=1S/C21H20N4O2S3/c1-26-16-8-9-17(18(10-16)27-2)19-23-15(12-28-19)13-29-21-25-24-20(30-21)22-11-14-6-4-3-5-7-14/h3-10,12H,11,13H2,1-2H3,(H,22,24). The van der Waals surface area contributed by atoms with Crippen molar-refractivity contribution in [2.75, 3.05) is 19.5 Å². The first-order valence-electron chi connectivity index (χ1n) is 9.16. The molecule has 0 spiro atoms. The molecule has 0 fully saturated rings. The van der Waals surface area contributed by atoms with E-state index in [1.165, 1.54) is 5.56 Å². The van der Waals surface area contributed by atoms with Crippen molar-refractivity contribution in [2.45, 2.75) is 16.6 Å². The van der Waals surface area contributed by atoms with Crippen LogP contribution in [0.15, 0.2) is 58.3 Å². The first kappa shape index (κ1) is 20.6. The van der Waals surface area contributed by atoms with Crippen LogP contribution in [0.25, 0.3) is 10.6 Å². The summed E-state index contributed by atoms with van der Waals surface area (Å²) in [6.45, 7) is 0.735. The van der Waals surface area contributed by atoms with E-state index >= 15 is 0 Å². The molecule has 154 valence electrons. The molecule has 0 aliphatic carbocycles. The molecule has 0 unspecified atom stereocenters. The smallest absolute Gasteiger partial charge is 0.206 e. The van der Waals surface area contributed by atoms with E-state index in [-0.39, 0.29) is 0 Å². The Morgan fingerprint density at radius 1 is 1.03 bits per heavy atom. The third-order valence-corrected chi connectivity index (χ3v) is 7.20. The summed E-state index contributed by atoms with van der Waals surface area (Å²) < 4.78 is 11.7. The maximum atomic E-state index is 5.50. The fraction of sp³-hybridized carbons (Fsp3) is 0.190. The Morgan fingerprint density at radius 3 is 2.70 bits per heavy atom. The second-order valence-electron chi connectivity index (χ2n) is 6.21. The van der Waals surface area contributed by atoms with Crippen LogP contribution in [0.4, 0.5) is 5.13 Å². The summed E-state index contributed by atoms with van der Waals surface area (Å²) in [4.78, 5) is 4.76. The molecule has 0 aliphatic rings. The summed E-state index contributed by atoms with van der Waals surface area (Å²) in [6.07, 6.45) is 0. The molecule has 1 N–H and O–H groups in total. The first-order valence-corrected chi connectivity index (χ1v) is 11.8. The van der Waals surface area contributed by atoms with Crippen LogP contribution in [-0.4, -0.2) is 29.4 Å². The van der Waals surface area contributed by atoms with Crippen molar-refractivity contribution in [2.24, 2.45) is 0 Å². The van der Waals surface area contributed by atoms with Crippen LogP contribution in [-0.2, 0) is 12.3 Å². The number of nitrogens with one attached hydrogen (secondary N) is 1. The van der Waals surface area contributed by atoms with Crippen LogP contribution in [0, 0.1) is 0 Å². The minimum absolute atomic E-state index is 0.735. The van der Waals surface area contributed by atoms with E-state index in [1.54, 1.807) is 48.7 Å². The maximum Gasteiger partial charge on any atom is 0.206 e. The third kappa shape index (κ3) is 5.10. The molecular weight excluding hydrogens is 436 g/mol. The van der Waals surface area contributed by atoms with Crippen molar-refractivity contribution in [3.05, 3.63) is 65.2 Å². The third-order valence-electron chi connectivity index (χ3n) is 4.23. The highest BCUT2D eigenvalue weighted by atomic mass is 32.2. The highest BCUT2D eigenvalue weighted by Gasteiger charge is 2.13. The Morgan fingerprint density at radius 2 is 1.90 bits per heavy atom. The van der Waals surface area contributed by atoms with Gasteiger partial charge in [-0.1, -0.05) is 53.4 Å². The zero-order chi connectivity index (χ0) is 20.8. The van der Waals surface area contributed by atoms with E-state index in [4.69, 9.17) is 14.5 Å². The number of methoxy groups -OCH3 is 2. The van der Waals surface area contributed by atoms with Gasteiger partial charge in [-0.05, 0) is 17.7 Å². The molecule has 0 radical (unpaired) electrons. The van der Waals surface area contributed by atoms with Crippen molar-refractivity contribution < 1.29 is 9.47 Å². The van der Waals surface area contributed by atoms with Crippen molar-refractivity contribution in [3.63, 3.8) is 0 Å². The molecule has 2 aromatic carbocycles. The molecule has 2 heterocycles. The van der Waals surface area contributed by atoms with E-state index < -0.39 is 0 Å². The minimum atomic E-state index is 0.735. The summed E-state index contributed by atoms with van der Waals surface area (Å²) in [5.74, 6) is 2.25. The van der Waals surface area contributed by atoms with Gasteiger partial charge in [0.15, 0.2) is 4.34 Å². The Kier molecular flexibility index (Phi) is 6.83. The number of rotatable bonds is 9. The number of hydrogen-bond donors (Lipinski definition) is 1. The number of hydrogen-bond acceptors (Lipinski definition) is 9. The van der Waals surface area contributed by atoms with Gasteiger partial charge in [-0.2, -0.15) is 0 Å². The lowest BCUT2D eigenvalue weighted by atomic mass is 10.2. The van der Waals surface area contributed by atoms with E-state index in [2.05, 4.69) is 33.0 Å². The average molecular weight is 457 g/mol. The van der Waals surface area contributed by atoms with E-state index in [0.29, 0.717) is 0 Å². The summed E-state index contributed by atoms with van der Waals surface area (Å²) in [6, 6.07) is 16.0. The van der Waals surface area contributed by atoms with E-state index in [1.807, 2.05) is 36.4 Å². The molecule has 0 amide bonds. The summed E-state index contributed by atoms with van der Waals surface area (Å²) in [5, 5.41) is 15.6. The lowest BCUT2D eigenvalue weighted by molar-refractivity contribution is 0.395. The van der Waals surface area contributed by atoms with Gasteiger partial charge >= 0.3 is 0 Å². The molecular formula is C21H20N4O2S3.